The van der Waals surface area contributed by atoms with Crippen LogP contribution in [0.2, 0.25) is 0 Å². The van der Waals surface area contributed by atoms with Gasteiger partial charge in [-0.15, -0.1) is 0 Å². The van der Waals surface area contributed by atoms with E-state index in [4.69, 9.17) is 9.72 Å². The van der Waals surface area contributed by atoms with Crippen LogP contribution in [0.1, 0.15) is 31.2 Å². The number of H-pyrrole nitrogens is 1. The first kappa shape index (κ1) is 19.0. The van der Waals surface area contributed by atoms with Crippen LogP contribution < -0.4 is 10.3 Å². The molecule has 0 aliphatic rings. The zero-order valence-electron chi connectivity index (χ0n) is 17.5. The number of aryl methyl sites for hydroxylation is 1. The predicted octanol–water partition coefficient (Wildman–Crippen LogP) is 4.88. The van der Waals surface area contributed by atoms with E-state index in [1.54, 1.807) is 12.3 Å². The number of pyridine rings is 1. The minimum Gasteiger partial charge on any atom is -0.426 e. The van der Waals surface area contributed by atoms with E-state index in [1.807, 2.05) is 31.2 Å². The van der Waals surface area contributed by atoms with Gasteiger partial charge in [0.2, 0.25) is 0 Å². The van der Waals surface area contributed by atoms with Gasteiger partial charge in [-0.05, 0) is 60.9 Å². The van der Waals surface area contributed by atoms with Crippen molar-refractivity contribution in [2.45, 2.75) is 26.7 Å². The van der Waals surface area contributed by atoms with Crippen LogP contribution in [0.25, 0.3) is 27.6 Å². The van der Waals surface area contributed by atoms with Crippen molar-refractivity contribution in [2.75, 3.05) is 0 Å². The normalized spacial score (nSPS) is 11.5. The lowest BCUT2D eigenvalue weighted by Gasteiger charge is -2.10. The molecule has 0 unspecified atom stereocenters. The van der Waals surface area contributed by atoms with Gasteiger partial charge in [0.25, 0.3) is 5.56 Å². The van der Waals surface area contributed by atoms with Gasteiger partial charge in [0.05, 0.1) is 28.1 Å². The number of hydrogen-bond donors (Lipinski definition) is 1. The number of aromatic amines is 1. The van der Waals surface area contributed by atoms with Crippen molar-refractivity contribution in [1.29, 1.82) is 0 Å². The summed E-state index contributed by atoms with van der Waals surface area (Å²) in [5, 5.41) is 0.473. The molecule has 0 aliphatic carbocycles. The van der Waals surface area contributed by atoms with Crippen LogP contribution in [0.3, 0.4) is 0 Å². The average Bonchev–Trinajstić information content (AvgIpc) is 3.09. The number of rotatable bonds is 4. The van der Waals surface area contributed by atoms with Crippen LogP contribution >= 0.6 is 0 Å². The molecule has 0 radical (unpaired) electrons. The average molecular weight is 411 g/mol. The Morgan fingerprint density at radius 1 is 1.00 bits per heavy atom. The molecule has 5 aromatic rings. The lowest BCUT2D eigenvalue weighted by molar-refractivity contribution is 0.442. The van der Waals surface area contributed by atoms with E-state index in [9.17, 15) is 4.79 Å². The van der Waals surface area contributed by atoms with E-state index < -0.39 is 0 Å². The Bertz CT molecular complexity index is 1470. The van der Waals surface area contributed by atoms with Crippen molar-refractivity contribution < 1.29 is 4.74 Å². The maximum Gasteiger partial charge on any atom is 0.302 e. The fraction of sp³-hybridized carbons (Fsp3) is 0.167. The van der Waals surface area contributed by atoms with Gasteiger partial charge >= 0.3 is 6.01 Å². The second-order valence-electron chi connectivity index (χ2n) is 7.76. The SMILES string of the molecule is Cc1nc2cc(C(C)C)ccc2n1-c1ccc(Oc2nc3cnccc3c(=O)[nH]2)cc1. The first-order valence-electron chi connectivity index (χ1n) is 10.1. The Labute approximate surface area is 178 Å². The van der Waals surface area contributed by atoms with Crippen molar-refractivity contribution in [1.82, 2.24) is 24.5 Å². The van der Waals surface area contributed by atoms with Gasteiger partial charge in [-0.3, -0.25) is 19.3 Å². The van der Waals surface area contributed by atoms with Crippen LogP contribution in [0.15, 0.2) is 65.7 Å². The summed E-state index contributed by atoms with van der Waals surface area (Å²) in [5.41, 5.74) is 4.51. The Morgan fingerprint density at radius 2 is 1.81 bits per heavy atom. The first-order valence-corrected chi connectivity index (χ1v) is 10.1. The molecule has 0 bridgehead atoms. The summed E-state index contributed by atoms with van der Waals surface area (Å²) >= 11 is 0. The van der Waals surface area contributed by atoms with Gasteiger partial charge in [0, 0.05) is 11.9 Å². The number of imidazole rings is 1. The van der Waals surface area contributed by atoms with Crippen molar-refractivity contribution in [2.24, 2.45) is 0 Å². The van der Waals surface area contributed by atoms with Crippen LogP contribution in [0.5, 0.6) is 11.8 Å². The van der Waals surface area contributed by atoms with Crippen molar-refractivity contribution in [3.8, 4) is 17.4 Å². The fourth-order valence-electron chi connectivity index (χ4n) is 3.70. The van der Waals surface area contributed by atoms with Gasteiger partial charge in [0.15, 0.2) is 0 Å². The summed E-state index contributed by atoms with van der Waals surface area (Å²) in [6.07, 6.45) is 3.10. The molecular weight excluding hydrogens is 390 g/mol. The standard InChI is InChI=1S/C24H21N5O2/c1-14(2)16-4-9-22-20(12-16)26-15(3)29(22)17-5-7-18(8-6-17)31-24-27-21-13-25-11-10-19(21)23(30)28-24/h4-14H,1-3H3,(H,27,28,30). The molecule has 5 rings (SSSR count). The highest BCUT2D eigenvalue weighted by atomic mass is 16.5. The topological polar surface area (TPSA) is 85.7 Å². The summed E-state index contributed by atoms with van der Waals surface area (Å²) < 4.78 is 7.90. The summed E-state index contributed by atoms with van der Waals surface area (Å²) in [7, 11) is 0. The monoisotopic (exact) mass is 411 g/mol. The maximum atomic E-state index is 12.2. The molecule has 31 heavy (non-hydrogen) atoms. The second kappa shape index (κ2) is 7.36. The number of benzene rings is 2. The van der Waals surface area contributed by atoms with Gasteiger partial charge < -0.3 is 4.74 Å². The molecule has 0 saturated heterocycles. The lowest BCUT2D eigenvalue weighted by atomic mass is 10.0. The fourth-order valence-corrected chi connectivity index (χ4v) is 3.70. The minimum atomic E-state index is -0.264. The highest BCUT2D eigenvalue weighted by Crippen LogP contribution is 2.27. The van der Waals surface area contributed by atoms with Gasteiger partial charge in [-0.2, -0.15) is 4.98 Å². The Morgan fingerprint density at radius 3 is 2.58 bits per heavy atom. The van der Waals surface area contributed by atoms with E-state index in [1.165, 1.54) is 11.8 Å². The molecule has 0 spiro atoms. The second-order valence-corrected chi connectivity index (χ2v) is 7.76. The third-order valence-corrected chi connectivity index (χ3v) is 5.31. The van der Waals surface area contributed by atoms with Gasteiger partial charge in [0.1, 0.15) is 11.6 Å². The summed E-state index contributed by atoms with van der Waals surface area (Å²) in [6.45, 7) is 6.35. The smallest absolute Gasteiger partial charge is 0.302 e. The van der Waals surface area contributed by atoms with Crippen molar-refractivity contribution >= 4 is 21.9 Å². The number of nitrogens with zero attached hydrogens (tertiary/aromatic N) is 4. The molecular formula is C24H21N5O2. The Hall–Kier alpha value is -4.00. The predicted molar refractivity (Wildman–Crippen MR) is 120 cm³/mol. The first-order chi connectivity index (χ1) is 15.0. The lowest BCUT2D eigenvalue weighted by Crippen LogP contribution is -2.09. The Kier molecular flexibility index (Phi) is 4.51. The van der Waals surface area contributed by atoms with Crippen LogP contribution in [0, 0.1) is 6.92 Å². The molecule has 0 atom stereocenters. The van der Waals surface area contributed by atoms with E-state index in [-0.39, 0.29) is 11.6 Å². The Balaban J connectivity index is 1.47. The van der Waals surface area contributed by atoms with Crippen LogP contribution in [0.4, 0.5) is 0 Å². The number of ether oxygens (including phenoxy) is 1. The van der Waals surface area contributed by atoms with Crippen LogP contribution in [-0.4, -0.2) is 24.5 Å². The molecule has 7 heteroatoms. The molecule has 7 nitrogen and oxygen atoms in total. The molecule has 2 aromatic carbocycles. The number of hydrogen-bond acceptors (Lipinski definition) is 5. The maximum absolute atomic E-state index is 12.2. The van der Waals surface area contributed by atoms with Gasteiger partial charge in [-0.25, -0.2) is 4.98 Å². The van der Waals surface area contributed by atoms with E-state index in [0.29, 0.717) is 22.6 Å². The number of nitrogens with one attached hydrogen (secondary N) is 1. The van der Waals surface area contributed by atoms with Crippen molar-refractivity contribution in [3.05, 3.63) is 82.7 Å². The van der Waals surface area contributed by atoms with Crippen molar-refractivity contribution in [3.63, 3.8) is 0 Å². The quantitative estimate of drug-likeness (QED) is 0.455. The highest BCUT2D eigenvalue weighted by molar-refractivity contribution is 5.79. The van der Waals surface area contributed by atoms with E-state index in [2.05, 4.69) is 51.6 Å². The van der Waals surface area contributed by atoms with E-state index >= 15 is 0 Å². The zero-order chi connectivity index (χ0) is 21.5. The summed E-state index contributed by atoms with van der Waals surface area (Å²) in [6, 6.07) is 15.8. The molecule has 0 saturated carbocycles. The molecule has 3 aromatic heterocycles. The molecule has 0 aliphatic heterocycles. The number of aromatic nitrogens is 5. The highest BCUT2D eigenvalue weighted by Gasteiger charge is 2.12. The molecule has 0 fully saturated rings. The summed E-state index contributed by atoms with van der Waals surface area (Å²) in [5.74, 6) is 1.94. The molecule has 3 heterocycles. The third kappa shape index (κ3) is 3.44. The molecule has 1 N–H and O–H groups in total. The number of fused-ring (bicyclic) bond motifs is 2. The third-order valence-electron chi connectivity index (χ3n) is 5.31. The molecule has 154 valence electrons. The molecule has 0 amide bonds. The minimum absolute atomic E-state index is 0.128. The van der Waals surface area contributed by atoms with Gasteiger partial charge in [-0.1, -0.05) is 19.9 Å². The largest absolute Gasteiger partial charge is 0.426 e. The zero-order valence-corrected chi connectivity index (χ0v) is 17.5. The van der Waals surface area contributed by atoms with Crippen LogP contribution in [-0.2, 0) is 0 Å². The van der Waals surface area contributed by atoms with E-state index in [0.717, 1.165) is 22.5 Å². The summed E-state index contributed by atoms with van der Waals surface area (Å²) in [4.78, 5) is 27.9.